The molecule has 0 spiro atoms. The van der Waals surface area contributed by atoms with E-state index in [1.807, 2.05) is 6.07 Å². The van der Waals surface area contributed by atoms with E-state index in [2.05, 4.69) is 20.1 Å². The molecule has 0 atom stereocenters. The first-order valence-electron chi connectivity index (χ1n) is 11.2. The van der Waals surface area contributed by atoms with Gasteiger partial charge in [-0.25, -0.2) is 13.8 Å². The molecule has 1 fully saturated rings. The molecular weight excluding hydrogens is 422 g/mol. The molecule has 1 saturated carbocycles. The van der Waals surface area contributed by atoms with E-state index in [1.54, 1.807) is 6.20 Å². The van der Waals surface area contributed by atoms with Gasteiger partial charge in [-0.15, -0.1) is 0 Å². The summed E-state index contributed by atoms with van der Waals surface area (Å²) in [6.45, 7) is 2.22. The zero-order chi connectivity index (χ0) is 21.6. The van der Waals surface area contributed by atoms with E-state index in [9.17, 15) is 13.6 Å². The molecule has 3 heterocycles. The van der Waals surface area contributed by atoms with Gasteiger partial charge in [0.2, 0.25) is 0 Å². The van der Waals surface area contributed by atoms with E-state index in [1.165, 1.54) is 35.5 Å². The first-order chi connectivity index (χ1) is 15.0. The van der Waals surface area contributed by atoms with Gasteiger partial charge in [0, 0.05) is 42.7 Å². The molecule has 1 aliphatic heterocycles. The Bertz CT molecular complexity index is 835. The summed E-state index contributed by atoms with van der Waals surface area (Å²) in [5.74, 6) is 1.54. The summed E-state index contributed by atoms with van der Waals surface area (Å²) in [5, 5.41) is 7.13. The SMILES string of the molecule is O=C(Cc1ccn[nH]1)CC1CCC(CCN2CCc3sc(OCC(F)F)nc3C2)CC1. The van der Waals surface area contributed by atoms with Crippen molar-refractivity contribution < 1.29 is 18.3 Å². The van der Waals surface area contributed by atoms with E-state index in [0.29, 0.717) is 29.7 Å². The van der Waals surface area contributed by atoms with Crippen molar-refractivity contribution in [1.82, 2.24) is 20.1 Å². The standard InChI is InChI=1S/C22H30F2N4O2S/c23-21(24)14-30-22-26-19-13-28(10-7-20(19)31-22)9-6-15-1-3-16(4-2-15)11-18(29)12-17-5-8-25-27-17/h5,8,15-16,21H,1-4,6-7,9-14H2,(H,25,27). The minimum absolute atomic E-state index is 0.303. The van der Waals surface area contributed by atoms with Crippen molar-refractivity contribution in [2.45, 2.75) is 64.3 Å². The average molecular weight is 453 g/mol. The number of halogens is 2. The third-order valence-corrected chi connectivity index (χ3v) is 7.47. The Balaban J connectivity index is 1.15. The van der Waals surface area contributed by atoms with Crippen molar-refractivity contribution >= 4 is 17.1 Å². The lowest BCUT2D eigenvalue weighted by atomic mass is 9.78. The number of alkyl halides is 2. The van der Waals surface area contributed by atoms with Crippen LogP contribution in [0.3, 0.4) is 0 Å². The molecule has 2 aromatic rings. The summed E-state index contributed by atoms with van der Waals surface area (Å²) in [6, 6.07) is 1.86. The molecule has 2 aliphatic rings. The van der Waals surface area contributed by atoms with Crippen molar-refractivity contribution in [2.24, 2.45) is 11.8 Å². The molecule has 0 radical (unpaired) electrons. The third kappa shape index (κ3) is 6.55. The largest absolute Gasteiger partial charge is 0.464 e. The maximum Gasteiger partial charge on any atom is 0.273 e. The number of ketones is 1. The number of nitrogens with one attached hydrogen (secondary N) is 1. The highest BCUT2D eigenvalue weighted by Gasteiger charge is 2.26. The summed E-state index contributed by atoms with van der Waals surface area (Å²) in [7, 11) is 0. The van der Waals surface area contributed by atoms with Crippen molar-refractivity contribution in [2.75, 3.05) is 19.7 Å². The van der Waals surface area contributed by atoms with Crippen LogP contribution >= 0.6 is 11.3 Å². The lowest BCUT2D eigenvalue weighted by molar-refractivity contribution is -0.119. The summed E-state index contributed by atoms with van der Waals surface area (Å²) in [6.07, 6.45) is 7.11. The highest BCUT2D eigenvalue weighted by Crippen LogP contribution is 2.34. The van der Waals surface area contributed by atoms with Crippen molar-refractivity contribution in [3.8, 4) is 5.19 Å². The number of carbonyl (C=O) groups excluding carboxylic acids is 1. The van der Waals surface area contributed by atoms with E-state index >= 15 is 0 Å². The first kappa shape index (κ1) is 22.3. The van der Waals surface area contributed by atoms with Gasteiger partial charge in [-0.05, 0) is 50.1 Å². The Morgan fingerprint density at radius 3 is 2.84 bits per heavy atom. The van der Waals surface area contributed by atoms with Gasteiger partial charge in [0.05, 0.1) is 5.69 Å². The number of hydrogen-bond donors (Lipinski definition) is 1. The van der Waals surface area contributed by atoms with E-state index < -0.39 is 13.0 Å². The number of carbonyl (C=O) groups is 1. The molecule has 0 unspecified atom stereocenters. The van der Waals surface area contributed by atoms with Crippen LogP contribution in [0.2, 0.25) is 0 Å². The maximum atomic E-state index is 12.3. The molecule has 1 aliphatic carbocycles. The number of aromatic nitrogens is 3. The molecule has 9 heteroatoms. The topological polar surface area (TPSA) is 71.1 Å². The van der Waals surface area contributed by atoms with E-state index in [-0.39, 0.29) is 0 Å². The van der Waals surface area contributed by atoms with Crippen LogP contribution in [0.25, 0.3) is 0 Å². The maximum absolute atomic E-state index is 12.3. The minimum atomic E-state index is -2.47. The molecule has 6 nitrogen and oxygen atoms in total. The quantitative estimate of drug-likeness (QED) is 0.583. The number of thiazole rings is 1. The molecule has 1 N–H and O–H groups in total. The zero-order valence-electron chi connectivity index (χ0n) is 17.7. The van der Waals surface area contributed by atoms with Crippen LogP contribution in [0.15, 0.2) is 12.3 Å². The van der Waals surface area contributed by atoms with Crippen molar-refractivity contribution in [3.63, 3.8) is 0 Å². The third-order valence-electron chi connectivity index (χ3n) is 6.40. The highest BCUT2D eigenvalue weighted by molar-refractivity contribution is 7.13. The van der Waals surface area contributed by atoms with Gasteiger partial charge in [-0.2, -0.15) is 5.10 Å². The zero-order valence-corrected chi connectivity index (χ0v) is 18.5. The smallest absolute Gasteiger partial charge is 0.273 e. The predicted octanol–water partition coefficient (Wildman–Crippen LogP) is 4.27. The fourth-order valence-corrected chi connectivity index (χ4v) is 5.61. The second-order valence-corrected chi connectivity index (χ2v) is 9.80. The second kappa shape index (κ2) is 10.6. The van der Waals surface area contributed by atoms with Crippen LogP contribution in [0.1, 0.15) is 54.8 Å². The predicted molar refractivity (Wildman–Crippen MR) is 115 cm³/mol. The Labute approximate surface area is 185 Å². The first-order valence-corrected chi connectivity index (χ1v) is 12.0. The van der Waals surface area contributed by atoms with Gasteiger partial charge in [-0.3, -0.25) is 14.8 Å². The highest BCUT2D eigenvalue weighted by atomic mass is 32.1. The molecule has 31 heavy (non-hydrogen) atoms. The molecule has 0 aromatic carbocycles. The monoisotopic (exact) mass is 452 g/mol. The van der Waals surface area contributed by atoms with Crippen molar-refractivity contribution in [3.05, 3.63) is 28.5 Å². The summed E-state index contributed by atoms with van der Waals surface area (Å²) in [5.41, 5.74) is 1.89. The lowest BCUT2D eigenvalue weighted by Gasteiger charge is -2.31. The minimum Gasteiger partial charge on any atom is -0.464 e. The number of fused-ring (bicyclic) bond motifs is 1. The summed E-state index contributed by atoms with van der Waals surface area (Å²) >= 11 is 1.41. The second-order valence-electron chi connectivity index (χ2n) is 8.75. The number of aromatic amines is 1. The van der Waals surface area contributed by atoms with Gasteiger partial charge in [0.25, 0.3) is 11.6 Å². The van der Waals surface area contributed by atoms with Crippen LogP contribution in [-0.4, -0.2) is 52.0 Å². The van der Waals surface area contributed by atoms with E-state index in [4.69, 9.17) is 4.74 Å². The Morgan fingerprint density at radius 2 is 2.10 bits per heavy atom. The van der Waals surface area contributed by atoms with Gasteiger partial charge in [0.1, 0.15) is 5.78 Å². The molecular formula is C22H30F2N4O2S. The molecule has 2 aromatic heterocycles. The fraction of sp³-hybridized carbons (Fsp3) is 0.682. The van der Waals surface area contributed by atoms with Crippen LogP contribution in [0.4, 0.5) is 8.78 Å². The van der Waals surface area contributed by atoms with Gasteiger partial charge in [0.15, 0.2) is 6.61 Å². The molecule has 0 saturated heterocycles. The number of rotatable bonds is 10. The number of H-pyrrole nitrogens is 1. The van der Waals surface area contributed by atoms with Crippen molar-refractivity contribution in [1.29, 1.82) is 0 Å². The number of Topliss-reactive ketones (excluding diaryl/α,β-unsaturated/α-hetero) is 1. The van der Waals surface area contributed by atoms with Gasteiger partial charge < -0.3 is 4.74 Å². The molecule has 0 amide bonds. The lowest BCUT2D eigenvalue weighted by Crippen LogP contribution is -2.32. The molecule has 4 rings (SSSR count). The molecule has 170 valence electrons. The molecule has 0 bridgehead atoms. The average Bonchev–Trinajstić information content (AvgIpc) is 3.40. The normalized spacial score (nSPS) is 21.9. The Morgan fingerprint density at radius 1 is 1.29 bits per heavy atom. The van der Waals surface area contributed by atoms with Crippen LogP contribution in [0, 0.1) is 11.8 Å². The van der Waals surface area contributed by atoms with Crippen LogP contribution in [-0.2, 0) is 24.2 Å². The van der Waals surface area contributed by atoms with Gasteiger partial charge >= 0.3 is 0 Å². The fourth-order valence-electron chi connectivity index (χ4n) is 4.70. The Kier molecular flexibility index (Phi) is 7.66. The van der Waals surface area contributed by atoms with Gasteiger partial charge in [-0.1, -0.05) is 24.2 Å². The number of nitrogens with zero attached hydrogens (tertiary/aromatic N) is 3. The summed E-state index contributed by atoms with van der Waals surface area (Å²) in [4.78, 5) is 20.3. The number of ether oxygens (including phenoxy) is 1. The van der Waals surface area contributed by atoms with Crippen LogP contribution < -0.4 is 4.74 Å². The summed E-state index contributed by atoms with van der Waals surface area (Å²) < 4.78 is 29.7. The Hall–Kier alpha value is -1.87. The van der Waals surface area contributed by atoms with Crippen LogP contribution in [0.5, 0.6) is 5.19 Å². The van der Waals surface area contributed by atoms with E-state index in [0.717, 1.165) is 56.2 Å². The number of hydrogen-bond acceptors (Lipinski definition) is 6.